The van der Waals surface area contributed by atoms with Crippen LogP contribution in [0.25, 0.3) is 11.1 Å². The van der Waals surface area contributed by atoms with Crippen molar-refractivity contribution in [2.45, 2.75) is 38.6 Å². The average molecular weight is 555 g/mol. The highest BCUT2D eigenvalue weighted by Crippen LogP contribution is 2.38. The Labute approximate surface area is 235 Å². The summed E-state index contributed by atoms with van der Waals surface area (Å²) in [6.45, 7) is 3.85. The second kappa shape index (κ2) is 11.3. The van der Waals surface area contributed by atoms with E-state index in [1.54, 1.807) is 30.5 Å². The summed E-state index contributed by atoms with van der Waals surface area (Å²) in [7, 11) is 0. The summed E-state index contributed by atoms with van der Waals surface area (Å²) in [4.78, 5) is 42.7. The molecule has 1 unspecified atom stereocenters. The molecule has 2 heterocycles. The van der Waals surface area contributed by atoms with Gasteiger partial charge in [-0.05, 0) is 84.5 Å². The summed E-state index contributed by atoms with van der Waals surface area (Å²) < 4.78 is 28.3. The maximum absolute atomic E-state index is 14.2. The highest BCUT2D eigenvalue weighted by Gasteiger charge is 2.34. The molecule has 0 radical (unpaired) electrons. The molecule has 4 aromatic rings. The van der Waals surface area contributed by atoms with Crippen LogP contribution in [0.5, 0.6) is 0 Å². The molecule has 0 spiro atoms. The molecule has 9 heteroatoms. The summed E-state index contributed by atoms with van der Waals surface area (Å²) in [5.74, 6) is -3.42. The number of anilines is 1. The number of primary amides is 1. The van der Waals surface area contributed by atoms with Crippen molar-refractivity contribution in [2.24, 2.45) is 5.73 Å². The normalized spacial score (nSPS) is 14.7. The van der Waals surface area contributed by atoms with E-state index in [9.17, 15) is 23.2 Å². The first-order valence-electron chi connectivity index (χ1n) is 13.1. The smallest absolute Gasteiger partial charge is 0.251 e. The lowest BCUT2D eigenvalue weighted by molar-refractivity contribution is -0.125. The monoisotopic (exact) mass is 554 g/mol. The number of pyridine rings is 1. The summed E-state index contributed by atoms with van der Waals surface area (Å²) in [6.07, 6.45) is 1.63. The molecule has 1 aliphatic heterocycles. The lowest BCUT2D eigenvalue weighted by Gasteiger charge is -2.22. The van der Waals surface area contributed by atoms with Gasteiger partial charge in [0, 0.05) is 23.9 Å². The molecule has 0 bridgehead atoms. The number of amides is 3. The van der Waals surface area contributed by atoms with Gasteiger partial charge < -0.3 is 16.4 Å². The zero-order valence-electron chi connectivity index (χ0n) is 22.5. The van der Waals surface area contributed by atoms with Crippen LogP contribution < -0.4 is 16.4 Å². The SMILES string of the molecule is Cc1cc(C)c2c(c1)NC(=O)C2CC(=O)N[C@@H](Cc1cccc(F)c1)c1ncccc1-c1ccc(F)c(C(N)=O)c1. The molecule has 0 saturated heterocycles. The number of nitrogens with zero attached hydrogens (tertiary/aromatic N) is 1. The van der Waals surface area contributed by atoms with Crippen LogP contribution in [0.2, 0.25) is 0 Å². The number of nitrogens with two attached hydrogens (primary N) is 1. The second-order valence-electron chi connectivity index (χ2n) is 10.2. The number of carbonyl (C=O) groups excluding carboxylic acids is 3. The minimum absolute atomic E-state index is 0.104. The predicted molar refractivity (Wildman–Crippen MR) is 151 cm³/mol. The fourth-order valence-corrected chi connectivity index (χ4v) is 5.47. The van der Waals surface area contributed by atoms with E-state index in [4.69, 9.17) is 5.73 Å². The maximum atomic E-state index is 14.2. The Balaban J connectivity index is 1.50. The van der Waals surface area contributed by atoms with Crippen LogP contribution in [-0.4, -0.2) is 22.7 Å². The van der Waals surface area contributed by atoms with Gasteiger partial charge in [-0.3, -0.25) is 19.4 Å². The molecule has 0 aliphatic carbocycles. The molecule has 0 saturated carbocycles. The van der Waals surface area contributed by atoms with E-state index in [0.29, 0.717) is 28.1 Å². The molecule has 5 rings (SSSR count). The number of nitrogens with one attached hydrogen (secondary N) is 2. The van der Waals surface area contributed by atoms with Crippen LogP contribution >= 0.6 is 0 Å². The summed E-state index contributed by atoms with van der Waals surface area (Å²) in [5, 5.41) is 5.87. The van der Waals surface area contributed by atoms with Crippen LogP contribution in [0.3, 0.4) is 0 Å². The van der Waals surface area contributed by atoms with Crippen molar-refractivity contribution >= 4 is 23.4 Å². The number of aryl methyl sites for hydroxylation is 2. The third kappa shape index (κ3) is 5.84. The van der Waals surface area contributed by atoms with Crippen molar-refractivity contribution in [3.63, 3.8) is 0 Å². The minimum atomic E-state index is -0.917. The van der Waals surface area contributed by atoms with Crippen molar-refractivity contribution < 1.29 is 23.2 Å². The second-order valence-corrected chi connectivity index (χ2v) is 10.2. The molecule has 0 fully saturated rings. The Morgan fingerprint density at radius 3 is 2.61 bits per heavy atom. The van der Waals surface area contributed by atoms with Crippen molar-refractivity contribution in [3.8, 4) is 11.1 Å². The molecule has 3 aromatic carbocycles. The van der Waals surface area contributed by atoms with Crippen LogP contribution in [0.15, 0.2) is 72.9 Å². The summed E-state index contributed by atoms with van der Waals surface area (Å²) >= 11 is 0. The first kappa shape index (κ1) is 27.6. The predicted octanol–water partition coefficient (Wildman–Crippen LogP) is 5.27. The molecule has 208 valence electrons. The largest absolute Gasteiger partial charge is 0.366 e. The van der Waals surface area contributed by atoms with Gasteiger partial charge in [0.05, 0.1) is 23.2 Å². The van der Waals surface area contributed by atoms with Gasteiger partial charge >= 0.3 is 0 Å². The van der Waals surface area contributed by atoms with E-state index in [1.807, 2.05) is 26.0 Å². The van der Waals surface area contributed by atoms with Crippen LogP contribution in [0.4, 0.5) is 14.5 Å². The van der Waals surface area contributed by atoms with E-state index >= 15 is 0 Å². The lowest BCUT2D eigenvalue weighted by atomic mass is 9.91. The van der Waals surface area contributed by atoms with Gasteiger partial charge in [0.2, 0.25) is 11.8 Å². The fraction of sp³-hybridized carbons (Fsp3) is 0.188. The van der Waals surface area contributed by atoms with E-state index in [-0.39, 0.29) is 24.3 Å². The Bertz CT molecular complexity index is 1690. The molecule has 4 N–H and O–H groups in total. The number of hydrogen-bond donors (Lipinski definition) is 3. The first-order chi connectivity index (χ1) is 19.6. The minimum Gasteiger partial charge on any atom is -0.366 e. The first-order valence-corrected chi connectivity index (χ1v) is 13.1. The van der Waals surface area contributed by atoms with Crippen molar-refractivity contribution in [1.29, 1.82) is 0 Å². The highest BCUT2D eigenvalue weighted by molar-refractivity contribution is 6.05. The third-order valence-corrected chi connectivity index (χ3v) is 7.22. The lowest BCUT2D eigenvalue weighted by Crippen LogP contribution is -2.33. The number of aromatic nitrogens is 1. The highest BCUT2D eigenvalue weighted by atomic mass is 19.1. The molecular weight excluding hydrogens is 526 g/mol. The Kier molecular flexibility index (Phi) is 7.61. The standard InChI is InChI=1S/C32H28F2N4O3/c1-17-11-18(2)29-24(32(41)38-26(29)12-17)16-28(39)37-27(14-19-5-3-6-21(33)13-19)30-22(7-4-10-36-30)20-8-9-25(34)23(15-20)31(35)40/h3-13,15,24,27H,14,16H2,1-2H3,(H2,35,40)(H,37,39)(H,38,41)/t24?,27-/m0/s1. The van der Waals surface area contributed by atoms with Gasteiger partial charge in [0.25, 0.3) is 5.91 Å². The van der Waals surface area contributed by atoms with Gasteiger partial charge in [0.15, 0.2) is 0 Å². The van der Waals surface area contributed by atoms with Crippen molar-refractivity contribution in [3.05, 3.63) is 118 Å². The number of rotatable bonds is 8. The zero-order valence-corrected chi connectivity index (χ0v) is 22.5. The quantitative estimate of drug-likeness (QED) is 0.275. The Morgan fingerprint density at radius 2 is 1.85 bits per heavy atom. The molecule has 2 atom stereocenters. The molecule has 1 aromatic heterocycles. The summed E-state index contributed by atoms with van der Waals surface area (Å²) in [5.41, 5.74) is 10.5. The molecular formula is C32H28F2N4O3. The zero-order chi connectivity index (χ0) is 29.3. The van der Waals surface area contributed by atoms with Gasteiger partial charge in [-0.1, -0.05) is 30.3 Å². The Hall–Kier alpha value is -4.92. The number of carbonyl (C=O) groups is 3. The maximum Gasteiger partial charge on any atom is 0.251 e. The average Bonchev–Trinajstić information content (AvgIpc) is 3.22. The fourth-order valence-electron chi connectivity index (χ4n) is 5.47. The van der Waals surface area contributed by atoms with Crippen LogP contribution in [0.1, 0.15) is 56.7 Å². The van der Waals surface area contributed by atoms with Crippen molar-refractivity contribution in [1.82, 2.24) is 10.3 Å². The molecule has 7 nitrogen and oxygen atoms in total. The van der Waals surface area contributed by atoms with Crippen LogP contribution in [-0.2, 0) is 16.0 Å². The Morgan fingerprint density at radius 1 is 1.05 bits per heavy atom. The van der Waals surface area contributed by atoms with Gasteiger partial charge in [-0.2, -0.15) is 0 Å². The molecule has 1 aliphatic rings. The van der Waals surface area contributed by atoms with E-state index in [1.165, 1.54) is 24.3 Å². The van der Waals surface area contributed by atoms with Gasteiger partial charge in [-0.25, -0.2) is 8.78 Å². The number of hydrogen-bond acceptors (Lipinski definition) is 4. The number of halogens is 2. The topological polar surface area (TPSA) is 114 Å². The number of benzene rings is 3. The number of fused-ring (bicyclic) bond motifs is 1. The van der Waals surface area contributed by atoms with Crippen molar-refractivity contribution in [2.75, 3.05) is 5.32 Å². The molecule has 3 amide bonds. The van der Waals surface area contributed by atoms with E-state index in [2.05, 4.69) is 15.6 Å². The van der Waals surface area contributed by atoms with Gasteiger partial charge in [-0.15, -0.1) is 0 Å². The van der Waals surface area contributed by atoms with E-state index < -0.39 is 35.4 Å². The van der Waals surface area contributed by atoms with Gasteiger partial charge in [0.1, 0.15) is 11.6 Å². The summed E-state index contributed by atoms with van der Waals surface area (Å²) in [6, 6.07) is 16.5. The molecule has 41 heavy (non-hydrogen) atoms. The van der Waals surface area contributed by atoms with E-state index in [0.717, 1.165) is 22.8 Å². The third-order valence-electron chi connectivity index (χ3n) is 7.22. The van der Waals surface area contributed by atoms with Crippen LogP contribution in [0, 0.1) is 25.5 Å².